The summed E-state index contributed by atoms with van der Waals surface area (Å²) in [6.07, 6.45) is 1.81. The lowest BCUT2D eigenvalue weighted by Crippen LogP contribution is -2.36. The van der Waals surface area contributed by atoms with Crippen molar-refractivity contribution in [2.24, 2.45) is 0 Å². The fourth-order valence-electron chi connectivity index (χ4n) is 6.00. The van der Waals surface area contributed by atoms with E-state index in [1.165, 1.54) is 12.8 Å². The van der Waals surface area contributed by atoms with Crippen molar-refractivity contribution in [3.8, 4) is 5.69 Å². The SMILES string of the molecule is COC(=O)c1ccccc1-n1c(C)cc([C@H]2[C@@H](c3ccccn3)NC(=S)N2c2ccc(N3CCOCC3)cc2)c1C. The van der Waals surface area contributed by atoms with E-state index < -0.39 is 0 Å². The van der Waals surface area contributed by atoms with Crippen molar-refractivity contribution in [2.75, 3.05) is 43.2 Å². The maximum absolute atomic E-state index is 12.7. The lowest BCUT2D eigenvalue weighted by atomic mass is 9.96. The molecular weight excluding hydrogens is 534 g/mol. The normalized spacial score (nSPS) is 18.9. The number of carbonyl (C=O) groups is 1. The highest BCUT2D eigenvalue weighted by Gasteiger charge is 2.42. The standard InChI is InChI=1S/C32H33N5O3S/c1-21-20-26(22(2)36(21)28-10-5-4-8-25(28)31(38)39-3)30-29(27-9-6-7-15-33-27)34-32(41)37(30)24-13-11-23(12-14-24)35-16-18-40-19-17-35/h4-15,20,29-30H,16-19H2,1-3H3,(H,34,41)/t29-,30+/m1/s1. The average Bonchev–Trinajstić information content (AvgIpc) is 3.52. The van der Waals surface area contributed by atoms with Gasteiger partial charge in [-0.3, -0.25) is 4.98 Å². The van der Waals surface area contributed by atoms with Gasteiger partial charge in [0.2, 0.25) is 0 Å². The highest BCUT2D eigenvalue weighted by atomic mass is 32.1. The maximum Gasteiger partial charge on any atom is 0.339 e. The Morgan fingerprint density at radius 3 is 2.41 bits per heavy atom. The molecule has 210 valence electrons. The average molecular weight is 568 g/mol. The molecule has 2 atom stereocenters. The molecule has 0 unspecified atom stereocenters. The Hall–Kier alpha value is -4.21. The Kier molecular flexibility index (Phi) is 7.47. The van der Waals surface area contributed by atoms with E-state index >= 15 is 0 Å². The predicted molar refractivity (Wildman–Crippen MR) is 164 cm³/mol. The third-order valence-electron chi connectivity index (χ3n) is 7.94. The highest BCUT2D eigenvalue weighted by Crippen LogP contribution is 2.44. The third kappa shape index (κ3) is 4.96. The molecule has 4 aromatic rings. The molecule has 0 radical (unpaired) electrons. The number of benzene rings is 2. The van der Waals surface area contributed by atoms with Gasteiger partial charge in [-0.1, -0.05) is 18.2 Å². The molecule has 0 amide bonds. The summed E-state index contributed by atoms with van der Waals surface area (Å²) in [5.74, 6) is -0.369. The largest absolute Gasteiger partial charge is 0.465 e. The summed E-state index contributed by atoms with van der Waals surface area (Å²) in [7, 11) is 1.41. The van der Waals surface area contributed by atoms with Crippen LogP contribution in [0.25, 0.3) is 5.69 Å². The summed E-state index contributed by atoms with van der Waals surface area (Å²) in [5.41, 5.74) is 7.51. The molecule has 2 fully saturated rings. The smallest absolute Gasteiger partial charge is 0.339 e. The van der Waals surface area contributed by atoms with Crippen LogP contribution in [0.1, 0.15) is 45.1 Å². The first-order valence-electron chi connectivity index (χ1n) is 13.8. The minimum atomic E-state index is -0.369. The van der Waals surface area contributed by atoms with Gasteiger partial charge in [0.1, 0.15) is 0 Å². The predicted octanol–water partition coefficient (Wildman–Crippen LogP) is 5.29. The van der Waals surface area contributed by atoms with Crippen LogP contribution in [0.4, 0.5) is 11.4 Å². The van der Waals surface area contributed by atoms with Gasteiger partial charge in [0.15, 0.2) is 5.11 Å². The van der Waals surface area contributed by atoms with Gasteiger partial charge in [0, 0.05) is 42.0 Å². The third-order valence-corrected chi connectivity index (χ3v) is 8.26. The number of ether oxygens (including phenoxy) is 2. The van der Waals surface area contributed by atoms with Crippen molar-refractivity contribution in [2.45, 2.75) is 25.9 Å². The zero-order valence-electron chi connectivity index (χ0n) is 23.4. The Balaban J connectivity index is 1.45. The van der Waals surface area contributed by atoms with Gasteiger partial charge in [-0.25, -0.2) is 4.79 Å². The van der Waals surface area contributed by atoms with Gasteiger partial charge in [0.25, 0.3) is 0 Å². The number of para-hydroxylation sites is 1. The molecular formula is C32H33N5O3S. The topological polar surface area (TPSA) is 71.9 Å². The molecule has 2 aliphatic heterocycles. The van der Waals surface area contributed by atoms with Crippen LogP contribution < -0.4 is 15.1 Å². The molecule has 41 heavy (non-hydrogen) atoms. The number of morpholine rings is 1. The monoisotopic (exact) mass is 567 g/mol. The van der Waals surface area contributed by atoms with E-state index in [-0.39, 0.29) is 18.1 Å². The Labute approximate surface area is 245 Å². The molecule has 1 N–H and O–H groups in total. The fourth-order valence-corrected chi connectivity index (χ4v) is 6.35. The maximum atomic E-state index is 12.7. The molecule has 6 rings (SSSR count). The molecule has 0 saturated carbocycles. The highest BCUT2D eigenvalue weighted by molar-refractivity contribution is 7.80. The van der Waals surface area contributed by atoms with Crippen molar-refractivity contribution in [3.05, 3.63) is 107 Å². The first-order valence-corrected chi connectivity index (χ1v) is 14.2. The number of esters is 1. The van der Waals surface area contributed by atoms with Crippen molar-refractivity contribution >= 4 is 34.7 Å². The summed E-state index contributed by atoms with van der Waals surface area (Å²) in [5, 5.41) is 4.21. The van der Waals surface area contributed by atoms with Crippen molar-refractivity contribution < 1.29 is 14.3 Å². The van der Waals surface area contributed by atoms with E-state index in [0.29, 0.717) is 10.7 Å². The van der Waals surface area contributed by atoms with Crippen LogP contribution in [0.5, 0.6) is 0 Å². The molecule has 2 aromatic carbocycles. The molecule has 0 spiro atoms. The van der Waals surface area contributed by atoms with E-state index in [1.807, 2.05) is 42.6 Å². The van der Waals surface area contributed by atoms with Gasteiger partial charge in [0.05, 0.1) is 49.4 Å². The zero-order valence-corrected chi connectivity index (χ0v) is 24.2. The van der Waals surface area contributed by atoms with Gasteiger partial charge >= 0.3 is 5.97 Å². The number of rotatable bonds is 6. The van der Waals surface area contributed by atoms with E-state index in [4.69, 9.17) is 26.7 Å². The number of aromatic nitrogens is 2. The van der Waals surface area contributed by atoms with E-state index in [0.717, 1.165) is 60.3 Å². The molecule has 2 saturated heterocycles. The van der Waals surface area contributed by atoms with Crippen molar-refractivity contribution in [1.82, 2.24) is 14.9 Å². The number of anilines is 2. The Morgan fingerprint density at radius 1 is 1.00 bits per heavy atom. The van der Waals surface area contributed by atoms with Gasteiger partial charge in [-0.05, 0) is 86.2 Å². The van der Waals surface area contributed by atoms with Crippen LogP contribution in [0.3, 0.4) is 0 Å². The number of hydrogen-bond acceptors (Lipinski definition) is 6. The number of nitrogens with zero attached hydrogens (tertiary/aromatic N) is 4. The van der Waals surface area contributed by atoms with Crippen molar-refractivity contribution in [1.29, 1.82) is 0 Å². The van der Waals surface area contributed by atoms with Crippen LogP contribution in [0, 0.1) is 13.8 Å². The summed E-state index contributed by atoms with van der Waals surface area (Å²) in [4.78, 5) is 21.9. The van der Waals surface area contributed by atoms with Gasteiger partial charge < -0.3 is 29.2 Å². The molecule has 0 aliphatic carbocycles. The summed E-state index contributed by atoms with van der Waals surface area (Å²) in [6.45, 7) is 7.39. The first kappa shape index (κ1) is 27.0. The number of aryl methyl sites for hydroxylation is 1. The van der Waals surface area contributed by atoms with Gasteiger partial charge in [-0.15, -0.1) is 0 Å². The number of carbonyl (C=O) groups excluding carboxylic acids is 1. The zero-order chi connectivity index (χ0) is 28.5. The van der Waals surface area contributed by atoms with Crippen LogP contribution in [-0.2, 0) is 9.47 Å². The van der Waals surface area contributed by atoms with Gasteiger partial charge in [-0.2, -0.15) is 0 Å². The van der Waals surface area contributed by atoms with E-state index in [2.05, 4.69) is 63.9 Å². The number of methoxy groups -OCH3 is 1. The number of thiocarbonyl (C=S) groups is 1. The van der Waals surface area contributed by atoms with Crippen LogP contribution >= 0.6 is 12.2 Å². The molecule has 2 aliphatic rings. The Morgan fingerprint density at radius 2 is 1.71 bits per heavy atom. The van der Waals surface area contributed by atoms with Crippen LogP contribution in [0.2, 0.25) is 0 Å². The molecule has 0 bridgehead atoms. The second-order valence-electron chi connectivity index (χ2n) is 10.3. The van der Waals surface area contributed by atoms with Crippen molar-refractivity contribution in [3.63, 3.8) is 0 Å². The van der Waals surface area contributed by atoms with Crippen LogP contribution in [0.15, 0.2) is 79.0 Å². The number of hydrogen-bond donors (Lipinski definition) is 1. The number of pyridine rings is 1. The van der Waals surface area contributed by atoms with E-state index in [9.17, 15) is 4.79 Å². The molecule has 9 heteroatoms. The lowest BCUT2D eigenvalue weighted by molar-refractivity contribution is 0.0600. The molecule has 2 aromatic heterocycles. The quantitative estimate of drug-likeness (QED) is 0.249. The first-order chi connectivity index (χ1) is 20.0. The minimum absolute atomic E-state index is 0.170. The minimum Gasteiger partial charge on any atom is -0.465 e. The second-order valence-corrected chi connectivity index (χ2v) is 10.7. The number of nitrogens with one attached hydrogen (secondary N) is 1. The molecule has 4 heterocycles. The lowest BCUT2D eigenvalue weighted by Gasteiger charge is -2.31. The van der Waals surface area contributed by atoms with Crippen LogP contribution in [-0.4, -0.2) is 54.0 Å². The molecule has 8 nitrogen and oxygen atoms in total. The summed E-state index contributed by atoms with van der Waals surface area (Å²) >= 11 is 5.97. The summed E-state index contributed by atoms with van der Waals surface area (Å²) in [6, 6.07) is 23.9. The second kappa shape index (κ2) is 11.3. The Bertz CT molecular complexity index is 1560. The summed E-state index contributed by atoms with van der Waals surface area (Å²) < 4.78 is 12.7. The van der Waals surface area contributed by atoms with E-state index in [1.54, 1.807) is 6.07 Å². The fraction of sp³-hybridized carbons (Fsp3) is 0.281.